The van der Waals surface area contributed by atoms with E-state index in [-0.39, 0.29) is 11.5 Å². The van der Waals surface area contributed by atoms with Gasteiger partial charge in [0.2, 0.25) is 10.0 Å². The molecular weight excluding hydrogens is 302 g/mol. The Morgan fingerprint density at radius 1 is 1.05 bits per heavy atom. The molecule has 0 aromatic carbocycles. The van der Waals surface area contributed by atoms with Gasteiger partial charge in [-0.05, 0) is 12.5 Å². The number of sulfonamides is 1. The largest absolute Gasteiger partial charge is 0.330 e. The summed E-state index contributed by atoms with van der Waals surface area (Å²) in [7, 11) is -6.73. The molecule has 7 nitrogen and oxygen atoms in total. The van der Waals surface area contributed by atoms with Crippen LogP contribution < -0.4 is 5.73 Å². The highest BCUT2D eigenvalue weighted by molar-refractivity contribution is 7.93. The third-order valence-corrected chi connectivity index (χ3v) is 6.49. The molecule has 0 aliphatic carbocycles. The maximum absolute atomic E-state index is 12.0. The van der Waals surface area contributed by atoms with E-state index in [1.165, 1.54) is 4.31 Å². The highest BCUT2D eigenvalue weighted by Crippen LogP contribution is 2.10. The Labute approximate surface area is 122 Å². The van der Waals surface area contributed by atoms with Crippen LogP contribution in [0.5, 0.6) is 0 Å². The second-order valence-electron chi connectivity index (χ2n) is 5.49. The van der Waals surface area contributed by atoms with Crippen molar-refractivity contribution in [2.24, 2.45) is 11.7 Å². The number of piperazine rings is 1. The summed E-state index contributed by atoms with van der Waals surface area (Å²) in [5, 5.41) is 0. The molecule has 9 heteroatoms. The van der Waals surface area contributed by atoms with Gasteiger partial charge in [-0.3, -0.25) is 0 Å². The van der Waals surface area contributed by atoms with Crippen molar-refractivity contribution in [3.8, 4) is 0 Å². The summed E-state index contributed by atoms with van der Waals surface area (Å²) in [5.41, 5.74) is 5.58. The molecule has 120 valence electrons. The number of rotatable bonds is 7. The summed E-state index contributed by atoms with van der Waals surface area (Å²) < 4.78 is 47.6. The average molecular weight is 327 g/mol. The molecule has 1 atom stereocenters. The van der Waals surface area contributed by atoms with Crippen LogP contribution in [0.3, 0.4) is 0 Å². The Morgan fingerprint density at radius 3 is 2.05 bits per heavy atom. The van der Waals surface area contributed by atoms with Gasteiger partial charge in [-0.2, -0.15) is 4.31 Å². The van der Waals surface area contributed by atoms with E-state index in [0.29, 0.717) is 38.6 Å². The SMILES string of the molecule is CC(CN)CN1CCN(S(=O)(=O)CCS(C)(=O)=O)CC1. The lowest BCUT2D eigenvalue weighted by molar-refractivity contribution is 0.170. The lowest BCUT2D eigenvalue weighted by Crippen LogP contribution is -2.50. The third-order valence-electron chi connectivity index (χ3n) is 3.41. The van der Waals surface area contributed by atoms with Crippen LogP contribution in [-0.2, 0) is 19.9 Å². The van der Waals surface area contributed by atoms with Gasteiger partial charge in [0.15, 0.2) is 0 Å². The van der Waals surface area contributed by atoms with Gasteiger partial charge in [0.05, 0.1) is 11.5 Å². The molecular formula is C11H25N3O4S2. The molecule has 20 heavy (non-hydrogen) atoms. The van der Waals surface area contributed by atoms with Crippen molar-refractivity contribution in [3.63, 3.8) is 0 Å². The van der Waals surface area contributed by atoms with Gasteiger partial charge < -0.3 is 10.6 Å². The van der Waals surface area contributed by atoms with Crippen LogP contribution in [-0.4, -0.2) is 83.1 Å². The van der Waals surface area contributed by atoms with Crippen LogP contribution in [0.1, 0.15) is 6.92 Å². The molecule has 0 aromatic heterocycles. The van der Waals surface area contributed by atoms with E-state index in [2.05, 4.69) is 11.8 Å². The standard InChI is InChI=1S/C11H25N3O4S2/c1-11(9-12)10-13-3-5-14(6-4-13)20(17,18)8-7-19(2,15)16/h11H,3-10,12H2,1-2H3. The van der Waals surface area contributed by atoms with E-state index >= 15 is 0 Å². The molecule has 0 spiro atoms. The highest BCUT2D eigenvalue weighted by atomic mass is 32.2. The zero-order chi connectivity index (χ0) is 15.4. The number of hydrogen-bond acceptors (Lipinski definition) is 6. The highest BCUT2D eigenvalue weighted by Gasteiger charge is 2.27. The summed E-state index contributed by atoms with van der Waals surface area (Å²) in [4.78, 5) is 2.19. The first-order chi connectivity index (χ1) is 9.14. The Kier molecular flexibility index (Phi) is 6.39. The van der Waals surface area contributed by atoms with Crippen LogP contribution in [0.15, 0.2) is 0 Å². The van der Waals surface area contributed by atoms with Gasteiger partial charge in [0.1, 0.15) is 9.84 Å². The molecule has 1 rings (SSSR count). The van der Waals surface area contributed by atoms with Crippen molar-refractivity contribution < 1.29 is 16.8 Å². The molecule has 2 N–H and O–H groups in total. The summed E-state index contributed by atoms with van der Waals surface area (Å²) in [6.45, 7) is 5.73. The smallest absolute Gasteiger partial charge is 0.215 e. The Balaban J connectivity index is 2.48. The van der Waals surface area contributed by atoms with E-state index in [4.69, 9.17) is 5.73 Å². The molecule has 0 aromatic rings. The molecule has 0 saturated carbocycles. The summed E-state index contributed by atoms with van der Waals surface area (Å²) in [5.74, 6) is -0.256. The number of sulfone groups is 1. The van der Waals surface area contributed by atoms with Crippen LogP contribution in [0.2, 0.25) is 0 Å². The molecule has 0 bridgehead atoms. The predicted molar refractivity (Wildman–Crippen MR) is 79.7 cm³/mol. The van der Waals surface area contributed by atoms with Gasteiger partial charge in [-0.15, -0.1) is 0 Å². The minimum Gasteiger partial charge on any atom is -0.330 e. The molecule has 0 amide bonds. The minimum atomic E-state index is -3.47. The number of hydrogen-bond donors (Lipinski definition) is 1. The zero-order valence-electron chi connectivity index (χ0n) is 12.2. The van der Waals surface area contributed by atoms with Gasteiger partial charge in [-0.25, -0.2) is 16.8 Å². The van der Waals surface area contributed by atoms with Gasteiger partial charge >= 0.3 is 0 Å². The first-order valence-corrected chi connectivity index (χ1v) is 10.4. The zero-order valence-corrected chi connectivity index (χ0v) is 13.8. The van der Waals surface area contributed by atoms with Crippen molar-refractivity contribution >= 4 is 19.9 Å². The van der Waals surface area contributed by atoms with E-state index in [1.807, 2.05) is 0 Å². The third kappa shape index (κ3) is 6.04. The molecule has 1 heterocycles. The van der Waals surface area contributed by atoms with Gasteiger partial charge in [0.25, 0.3) is 0 Å². The molecule has 1 aliphatic rings. The van der Waals surface area contributed by atoms with Crippen LogP contribution in [0.4, 0.5) is 0 Å². The van der Waals surface area contributed by atoms with Crippen molar-refractivity contribution in [1.29, 1.82) is 0 Å². The number of nitrogens with zero attached hydrogens (tertiary/aromatic N) is 2. The monoisotopic (exact) mass is 327 g/mol. The summed E-state index contributed by atoms with van der Waals surface area (Å²) >= 11 is 0. The normalized spacial score (nSPS) is 20.9. The maximum Gasteiger partial charge on any atom is 0.215 e. The van der Waals surface area contributed by atoms with Crippen LogP contribution in [0.25, 0.3) is 0 Å². The van der Waals surface area contributed by atoms with Crippen LogP contribution >= 0.6 is 0 Å². The molecule has 0 radical (unpaired) electrons. The van der Waals surface area contributed by atoms with E-state index < -0.39 is 19.9 Å². The first kappa shape index (κ1) is 17.8. The lowest BCUT2D eigenvalue weighted by atomic mass is 10.1. The number of nitrogens with two attached hydrogens (primary N) is 1. The Bertz CT molecular complexity index is 496. The summed E-state index contributed by atoms with van der Waals surface area (Å²) in [6, 6.07) is 0. The maximum atomic E-state index is 12.0. The Hall–Kier alpha value is -0.220. The molecule has 1 unspecified atom stereocenters. The van der Waals surface area contributed by atoms with Crippen molar-refractivity contribution in [3.05, 3.63) is 0 Å². The van der Waals surface area contributed by atoms with Crippen molar-refractivity contribution in [2.75, 3.05) is 57.0 Å². The van der Waals surface area contributed by atoms with Crippen molar-refractivity contribution in [2.45, 2.75) is 6.92 Å². The average Bonchev–Trinajstić information content (AvgIpc) is 2.36. The second kappa shape index (κ2) is 7.17. The fourth-order valence-corrected chi connectivity index (χ4v) is 5.12. The van der Waals surface area contributed by atoms with Crippen molar-refractivity contribution in [1.82, 2.24) is 9.21 Å². The van der Waals surface area contributed by atoms with Crippen LogP contribution in [0, 0.1) is 5.92 Å². The van der Waals surface area contributed by atoms with E-state index in [0.717, 1.165) is 12.8 Å². The molecule has 1 fully saturated rings. The quantitative estimate of drug-likeness (QED) is 0.615. The fraction of sp³-hybridized carbons (Fsp3) is 1.00. The molecule has 1 saturated heterocycles. The topological polar surface area (TPSA) is 101 Å². The Morgan fingerprint density at radius 2 is 1.60 bits per heavy atom. The minimum absolute atomic E-state index is 0.320. The van der Waals surface area contributed by atoms with E-state index in [1.54, 1.807) is 0 Å². The molecule has 1 aliphatic heterocycles. The van der Waals surface area contributed by atoms with Gasteiger partial charge in [-0.1, -0.05) is 6.92 Å². The fourth-order valence-electron chi connectivity index (χ4n) is 2.09. The van der Waals surface area contributed by atoms with E-state index in [9.17, 15) is 16.8 Å². The second-order valence-corrected chi connectivity index (χ2v) is 9.83. The first-order valence-electron chi connectivity index (χ1n) is 6.72. The lowest BCUT2D eigenvalue weighted by Gasteiger charge is -2.35. The van der Waals surface area contributed by atoms with Gasteiger partial charge in [0, 0.05) is 39.0 Å². The predicted octanol–water partition coefficient (Wildman–Crippen LogP) is -1.43. The summed E-state index contributed by atoms with van der Waals surface area (Å²) in [6.07, 6.45) is 1.05.